The van der Waals surface area contributed by atoms with Gasteiger partial charge in [0, 0.05) is 18.3 Å². The SMILES string of the molecule is CC.NN[C@@H](CCC1CCC(n2ccc3c(N)ncnc32)C1)c1ccccc1. The van der Waals surface area contributed by atoms with E-state index in [0.717, 1.165) is 23.4 Å². The molecule has 28 heavy (non-hydrogen) atoms. The first-order chi connectivity index (χ1) is 13.8. The molecule has 0 amide bonds. The minimum Gasteiger partial charge on any atom is -0.383 e. The van der Waals surface area contributed by atoms with E-state index in [2.05, 4.69) is 50.4 Å². The fourth-order valence-corrected chi connectivity index (χ4v) is 4.28. The molecule has 1 aromatic carbocycles. The van der Waals surface area contributed by atoms with Gasteiger partial charge in [0.15, 0.2) is 0 Å². The van der Waals surface area contributed by atoms with E-state index in [-0.39, 0.29) is 6.04 Å². The third kappa shape index (κ3) is 4.34. The van der Waals surface area contributed by atoms with Crippen LogP contribution in [0.15, 0.2) is 48.9 Å². The Morgan fingerprint density at radius 2 is 1.93 bits per heavy atom. The summed E-state index contributed by atoms with van der Waals surface area (Å²) in [6.45, 7) is 4.00. The Labute approximate surface area is 167 Å². The molecule has 4 rings (SSSR count). The standard InChI is InChI=1S/C20H26N6.C2H6/c21-19-17-10-11-26(20(17)24-13-23-19)16-8-6-14(12-16)7-9-18(25-22)15-4-2-1-3-5-15;1-2/h1-5,10-11,13-14,16,18,25H,6-9,12,22H2,(H2,21,23,24);1-2H3/t14?,16?,18-;/m0./s1. The van der Waals surface area contributed by atoms with Crippen molar-refractivity contribution in [2.24, 2.45) is 11.8 Å². The number of hydrogen-bond acceptors (Lipinski definition) is 5. The highest BCUT2D eigenvalue weighted by Crippen LogP contribution is 2.39. The Hall–Kier alpha value is -2.44. The molecule has 5 N–H and O–H groups in total. The second-order valence-electron chi connectivity index (χ2n) is 7.26. The average molecular weight is 381 g/mol. The van der Waals surface area contributed by atoms with E-state index in [4.69, 9.17) is 11.6 Å². The van der Waals surface area contributed by atoms with Crippen LogP contribution in [0.1, 0.15) is 63.6 Å². The first-order valence-corrected chi connectivity index (χ1v) is 10.3. The third-order valence-corrected chi connectivity index (χ3v) is 5.71. The van der Waals surface area contributed by atoms with Crippen molar-refractivity contribution in [1.82, 2.24) is 20.0 Å². The van der Waals surface area contributed by atoms with Gasteiger partial charge in [0.05, 0.1) is 5.39 Å². The number of nitrogens with two attached hydrogens (primary N) is 2. The summed E-state index contributed by atoms with van der Waals surface area (Å²) in [6.07, 6.45) is 9.51. The predicted molar refractivity (Wildman–Crippen MR) is 115 cm³/mol. The lowest BCUT2D eigenvalue weighted by molar-refractivity contribution is 0.403. The lowest BCUT2D eigenvalue weighted by Crippen LogP contribution is -2.28. The number of anilines is 1. The molecular weight excluding hydrogens is 348 g/mol. The van der Waals surface area contributed by atoms with Crippen LogP contribution in [0.5, 0.6) is 0 Å². The molecule has 1 fully saturated rings. The van der Waals surface area contributed by atoms with Gasteiger partial charge in [0.1, 0.15) is 17.8 Å². The monoisotopic (exact) mass is 380 g/mol. The van der Waals surface area contributed by atoms with Crippen LogP contribution in [0.25, 0.3) is 11.0 Å². The minimum absolute atomic E-state index is 0.218. The van der Waals surface area contributed by atoms with E-state index >= 15 is 0 Å². The fraction of sp³-hybridized carbons (Fsp3) is 0.455. The molecule has 0 aliphatic heterocycles. The zero-order valence-corrected chi connectivity index (χ0v) is 16.9. The van der Waals surface area contributed by atoms with Gasteiger partial charge >= 0.3 is 0 Å². The van der Waals surface area contributed by atoms with Gasteiger partial charge in [0.25, 0.3) is 0 Å². The van der Waals surface area contributed by atoms with Gasteiger partial charge in [-0.1, -0.05) is 44.2 Å². The highest BCUT2D eigenvalue weighted by molar-refractivity contribution is 5.86. The Balaban J connectivity index is 0.00000109. The molecule has 2 unspecified atom stereocenters. The van der Waals surface area contributed by atoms with E-state index in [0.29, 0.717) is 11.9 Å². The van der Waals surface area contributed by atoms with Crippen molar-refractivity contribution in [2.45, 2.75) is 58.0 Å². The molecule has 0 spiro atoms. The predicted octanol–water partition coefficient (Wildman–Crippen LogP) is 4.37. The maximum Gasteiger partial charge on any atom is 0.145 e. The summed E-state index contributed by atoms with van der Waals surface area (Å²) in [6, 6.07) is 13.2. The topological polar surface area (TPSA) is 94.8 Å². The number of nitrogen functional groups attached to an aromatic ring is 1. The highest BCUT2D eigenvalue weighted by atomic mass is 15.2. The van der Waals surface area contributed by atoms with Crippen LogP contribution in [0.4, 0.5) is 5.82 Å². The minimum atomic E-state index is 0.218. The van der Waals surface area contributed by atoms with Crippen LogP contribution in [0, 0.1) is 5.92 Å². The summed E-state index contributed by atoms with van der Waals surface area (Å²) >= 11 is 0. The summed E-state index contributed by atoms with van der Waals surface area (Å²) in [4.78, 5) is 8.53. The van der Waals surface area contributed by atoms with E-state index < -0.39 is 0 Å². The molecule has 2 heterocycles. The summed E-state index contributed by atoms with van der Waals surface area (Å²) in [5.74, 6) is 7.07. The second kappa shape index (κ2) is 9.66. The fourth-order valence-electron chi connectivity index (χ4n) is 4.28. The van der Waals surface area contributed by atoms with Crippen molar-refractivity contribution in [3.05, 3.63) is 54.5 Å². The highest BCUT2D eigenvalue weighted by Gasteiger charge is 2.27. The molecule has 0 saturated heterocycles. The Morgan fingerprint density at radius 1 is 1.14 bits per heavy atom. The number of hydrogen-bond donors (Lipinski definition) is 3. The molecule has 150 valence electrons. The van der Waals surface area contributed by atoms with Crippen molar-refractivity contribution in [3.63, 3.8) is 0 Å². The molecule has 3 aromatic rings. The van der Waals surface area contributed by atoms with Gasteiger partial charge in [0.2, 0.25) is 0 Å². The number of nitrogens with zero attached hydrogens (tertiary/aromatic N) is 3. The van der Waals surface area contributed by atoms with Crippen LogP contribution in [0.2, 0.25) is 0 Å². The molecule has 6 nitrogen and oxygen atoms in total. The average Bonchev–Trinajstić information content (AvgIpc) is 3.38. The van der Waals surface area contributed by atoms with Crippen LogP contribution in [-0.2, 0) is 0 Å². The van der Waals surface area contributed by atoms with Crippen molar-refractivity contribution in [1.29, 1.82) is 0 Å². The van der Waals surface area contributed by atoms with Gasteiger partial charge in [-0.2, -0.15) is 0 Å². The molecule has 2 aromatic heterocycles. The van der Waals surface area contributed by atoms with E-state index in [1.54, 1.807) is 6.33 Å². The zero-order chi connectivity index (χ0) is 19.9. The number of benzene rings is 1. The van der Waals surface area contributed by atoms with Crippen LogP contribution >= 0.6 is 0 Å². The zero-order valence-electron chi connectivity index (χ0n) is 16.9. The van der Waals surface area contributed by atoms with Crippen LogP contribution in [-0.4, -0.2) is 14.5 Å². The van der Waals surface area contributed by atoms with Crippen molar-refractivity contribution in [3.8, 4) is 0 Å². The molecule has 3 atom stereocenters. The first kappa shape index (κ1) is 20.3. The van der Waals surface area contributed by atoms with Gasteiger partial charge in [-0.15, -0.1) is 0 Å². The third-order valence-electron chi connectivity index (χ3n) is 5.71. The Morgan fingerprint density at radius 3 is 2.68 bits per heavy atom. The number of rotatable bonds is 6. The summed E-state index contributed by atoms with van der Waals surface area (Å²) < 4.78 is 2.28. The second-order valence-corrected chi connectivity index (χ2v) is 7.26. The molecule has 0 bridgehead atoms. The maximum absolute atomic E-state index is 5.96. The van der Waals surface area contributed by atoms with Crippen LogP contribution < -0.4 is 17.0 Å². The molecule has 1 saturated carbocycles. The molecule has 6 heteroatoms. The molecule has 0 radical (unpaired) electrons. The van der Waals surface area contributed by atoms with Crippen LogP contribution in [0.3, 0.4) is 0 Å². The molecular formula is C22H32N6. The smallest absolute Gasteiger partial charge is 0.145 e. The number of fused-ring (bicyclic) bond motifs is 1. The van der Waals surface area contributed by atoms with E-state index in [1.807, 2.05) is 26.0 Å². The van der Waals surface area contributed by atoms with E-state index in [9.17, 15) is 0 Å². The van der Waals surface area contributed by atoms with Gasteiger partial charge < -0.3 is 10.3 Å². The van der Waals surface area contributed by atoms with Gasteiger partial charge in [-0.05, 0) is 49.7 Å². The Kier molecular flexibility index (Phi) is 7.01. The van der Waals surface area contributed by atoms with Crippen molar-refractivity contribution in [2.75, 3.05) is 5.73 Å². The lowest BCUT2D eigenvalue weighted by Gasteiger charge is -2.19. The van der Waals surface area contributed by atoms with Gasteiger partial charge in [-0.3, -0.25) is 11.3 Å². The first-order valence-electron chi connectivity index (χ1n) is 10.3. The number of aromatic nitrogens is 3. The van der Waals surface area contributed by atoms with Crippen molar-refractivity contribution < 1.29 is 0 Å². The number of nitrogens with one attached hydrogen (secondary N) is 1. The van der Waals surface area contributed by atoms with Gasteiger partial charge in [-0.25, -0.2) is 9.97 Å². The summed E-state index contributed by atoms with van der Waals surface area (Å²) in [7, 11) is 0. The Bertz CT molecular complexity index is 860. The lowest BCUT2D eigenvalue weighted by atomic mass is 9.95. The molecule has 1 aliphatic rings. The number of hydrazine groups is 1. The van der Waals surface area contributed by atoms with E-state index in [1.165, 1.54) is 31.2 Å². The summed E-state index contributed by atoms with van der Waals surface area (Å²) in [5, 5.41) is 0.951. The van der Waals surface area contributed by atoms with Crippen molar-refractivity contribution >= 4 is 16.9 Å². The largest absolute Gasteiger partial charge is 0.383 e. The normalized spacial score (nSPS) is 20.0. The maximum atomic E-state index is 5.96. The quantitative estimate of drug-likeness (QED) is 0.436. The molecule has 1 aliphatic carbocycles. The summed E-state index contributed by atoms with van der Waals surface area (Å²) in [5.41, 5.74) is 11.1.